The molecule has 0 saturated heterocycles. The highest BCUT2D eigenvalue weighted by atomic mass is 16.1. The summed E-state index contributed by atoms with van der Waals surface area (Å²) in [5, 5.41) is 0. The average molecular weight is 174 g/mol. The average Bonchev–Trinajstić information content (AvgIpc) is 2.66. The van der Waals surface area contributed by atoms with Crippen molar-refractivity contribution < 1.29 is 4.79 Å². The molecule has 0 aromatic carbocycles. The minimum Gasteiger partial charge on any atom is -0.295 e. The van der Waals surface area contributed by atoms with Crippen molar-refractivity contribution in [3.63, 3.8) is 0 Å². The van der Waals surface area contributed by atoms with E-state index >= 15 is 0 Å². The third-order valence-corrected chi connectivity index (χ3v) is 3.90. The molecule has 0 amide bonds. The third-order valence-electron chi connectivity index (χ3n) is 3.90. The Morgan fingerprint density at radius 3 is 3.00 bits per heavy atom. The zero-order valence-corrected chi connectivity index (χ0v) is 7.65. The smallest absolute Gasteiger partial charge is 0.159 e. The van der Waals surface area contributed by atoms with Crippen molar-refractivity contribution in [2.45, 2.75) is 19.3 Å². The summed E-state index contributed by atoms with van der Waals surface area (Å²) in [6, 6.07) is 0. The summed E-state index contributed by atoms with van der Waals surface area (Å²) in [4.78, 5) is 11.8. The highest BCUT2D eigenvalue weighted by molar-refractivity contribution is 5.93. The summed E-state index contributed by atoms with van der Waals surface area (Å²) in [7, 11) is 0. The van der Waals surface area contributed by atoms with Gasteiger partial charge in [0, 0.05) is 5.92 Å². The predicted octanol–water partition coefficient (Wildman–Crippen LogP) is 2.34. The van der Waals surface area contributed by atoms with Crippen LogP contribution in [-0.2, 0) is 4.79 Å². The number of allylic oxidation sites excluding steroid dienone is 4. The lowest BCUT2D eigenvalue weighted by atomic mass is 9.79. The summed E-state index contributed by atoms with van der Waals surface area (Å²) in [5.41, 5.74) is 0. The molecule has 3 rings (SSSR count). The van der Waals surface area contributed by atoms with Gasteiger partial charge in [-0.15, -0.1) is 0 Å². The molecule has 2 bridgehead atoms. The van der Waals surface area contributed by atoms with Gasteiger partial charge >= 0.3 is 0 Å². The van der Waals surface area contributed by atoms with Crippen LogP contribution in [0.1, 0.15) is 19.3 Å². The fourth-order valence-corrected chi connectivity index (χ4v) is 3.34. The van der Waals surface area contributed by atoms with Gasteiger partial charge in [-0.25, -0.2) is 0 Å². The van der Waals surface area contributed by atoms with Gasteiger partial charge in [-0.3, -0.25) is 4.79 Å². The van der Waals surface area contributed by atoms with Crippen LogP contribution in [0.25, 0.3) is 0 Å². The minimum atomic E-state index is 0.341. The summed E-state index contributed by atoms with van der Waals surface area (Å²) >= 11 is 0. The first-order valence-electron chi connectivity index (χ1n) is 5.25. The molecule has 3 aliphatic carbocycles. The van der Waals surface area contributed by atoms with Crippen LogP contribution in [0.15, 0.2) is 24.3 Å². The molecule has 3 aliphatic rings. The van der Waals surface area contributed by atoms with E-state index in [-0.39, 0.29) is 0 Å². The van der Waals surface area contributed by atoms with E-state index < -0.39 is 0 Å². The maximum absolute atomic E-state index is 11.8. The molecule has 0 N–H and O–H groups in total. The fraction of sp³-hybridized carbons (Fsp3) is 0.583. The summed E-state index contributed by atoms with van der Waals surface area (Å²) in [6.45, 7) is 0. The second kappa shape index (κ2) is 2.57. The highest BCUT2D eigenvalue weighted by Gasteiger charge is 2.46. The first kappa shape index (κ1) is 7.54. The van der Waals surface area contributed by atoms with Gasteiger partial charge in [0.15, 0.2) is 5.78 Å². The molecule has 1 fully saturated rings. The van der Waals surface area contributed by atoms with Gasteiger partial charge in [0.25, 0.3) is 0 Å². The molecule has 1 saturated carbocycles. The number of carbonyl (C=O) groups is 1. The van der Waals surface area contributed by atoms with Crippen molar-refractivity contribution in [1.29, 1.82) is 0 Å². The van der Waals surface area contributed by atoms with E-state index in [1.165, 1.54) is 12.8 Å². The van der Waals surface area contributed by atoms with Crippen LogP contribution in [0.5, 0.6) is 0 Å². The Balaban J connectivity index is 1.98. The van der Waals surface area contributed by atoms with E-state index in [1.807, 2.05) is 6.08 Å². The molecule has 0 aromatic rings. The van der Waals surface area contributed by atoms with Gasteiger partial charge in [0.2, 0.25) is 0 Å². The Morgan fingerprint density at radius 1 is 1.23 bits per heavy atom. The lowest BCUT2D eigenvalue weighted by Gasteiger charge is -2.24. The molecule has 1 heteroatoms. The zero-order chi connectivity index (χ0) is 8.84. The molecule has 0 heterocycles. The van der Waals surface area contributed by atoms with Crippen LogP contribution in [0.3, 0.4) is 0 Å². The first-order valence-corrected chi connectivity index (χ1v) is 5.25. The van der Waals surface area contributed by atoms with Crippen molar-refractivity contribution in [1.82, 2.24) is 0 Å². The minimum absolute atomic E-state index is 0.341. The Bertz CT molecular complexity index is 300. The molecule has 0 radical (unpaired) electrons. The van der Waals surface area contributed by atoms with Crippen LogP contribution in [-0.4, -0.2) is 5.78 Å². The molecule has 4 atom stereocenters. The second-order valence-electron chi connectivity index (χ2n) is 4.52. The van der Waals surface area contributed by atoms with E-state index in [2.05, 4.69) is 18.2 Å². The van der Waals surface area contributed by atoms with Gasteiger partial charge < -0.3 is 0 Å². The summed E-state index contributed by atoms with van der Waals surface area (Å²) < 4.78 is 0. The Hall–Kier alpha value is -0.850. The number of ketones is 1. The number of hydrogen-bond donors (Lipinski definition) is 0. The van der Waals surface area contributed by atoms with Crippen LogP contribution >= 0.6 is 0 Å². The van der Waals surface area contributed by atoms with E-state index in [1.54, 1.807) is 0 Å². The molecule has 0 aromatic heterocycles. The normalized spacial score (nSPS) is 46.6. The first-order chi connectivity index (χ1) is 6.36. The second-order valence-corrected chi connectivity index (χ2v) is 4.52. The lowest BCUT2D eigenvalue weighted by molar-refractivity contribution is -0.120. The molecule has 0 unspecified atom stereocenters. The van der Waals surface area contributed by atoms with Crippen LogP contribution in [0.2, 0.25) is 0 Å². The highest BCUT2D eigenvalue weighted by Crippen LogP contribution is 2.50. The molecule has 1 nitrogen and oxygen atoms in total. The van der Waals surface area contributed by atoms with Crippen molar-refractivity contribution in [2.75, 3.05) is 0 Å². The van der Waals surface area contributed by atoms with Crippen LogP contribution < -0.4 is 0 Å². The molecular weight excluding hydrogens is 160 g/mol. The van der Waals surface area contributed by atoms with Gasteiger partial charge in [-0.1, -0.05) is 18.2 Å². The van der Waals surface area contributed by atoms with Crippen molar-refractivity contribution in [3.8, 4) is 0 Å². The van der Waals surface area contributed by atoms with Gasteiger partial charge in [-0.05, 0) is 43.1 Å². The van der Waals surface area contributed by atoms with E-state index in [9.17, 15) is 4.79 Å². The topological polar surface area (TPSA) is 17.1 Å². The van der Waals surface area contributed by atoms with Gasteiger partial charge in [0.05, 0.1) is 0 Å². The monoisotopic (exact) mass is 174 g/mol. The quantitative estimate of drug-likeness (QED) is 0.515. The van der Waals surface area contributed by atoms with E-state index in [0.29, 0.717) is 23.5 Å². The van der Waals surface area contributed by atoms with E-state index in [0.717, 1.165) is 12.3 Å². The molecule has 68 valence electrons. The molecule has 0 spiro atoms. The van der Waals surface area contributed by atoms with Crippen molar-refractivity contribution in [3.05, 3.63) is 24.3 Å². The van der Waals surface area contributed by atoms with Crippen molar-refractivity contribution in [2.24, 2.45) is 23.7 Å². The Kier molecular flexibility index (Phi) is 1.49. The van der Waals surface area contributed by atoms with Gasteiger partial charge in [0.1, 0.15) is 0 Å². The Labute approximate surface area is 78.5 Å². The number of hydrogen-bond acceptors (Lipinski definition) is 1. The van der Waals surface area contributed by atoms with Gasteiger partial charge in [-0.2, -0.15) is 0 Å². The molecule has 0 aliphatic heterocycles. The number of rotatable bonds is 0. The van der Waals surface area contributed by atoms with Crippen LogP contribution in [0, 0.1) is 23.7 Å². The molecule has 13 heavy (non-hydrogen) atoms. The van der Waals surface area contributed by atoms with Crippen molar-refractivity contribution >= 4 is 5.78 Å². The third kappa shape index (κ3) is 0.962. The number of fused-ring (bicyclic) bond motifs is 5. The summed E-state index contributed by atoms with van der Waals surface area (Å²) in [5.74, 6) is 2.69. The Morgan fingerprint density at radius 2 is 2.08 bits per heavy atom. The maximum Gasteiger partial charge on any atom is 0.159 e. The SMILES string of the molecule is O=C1C=CCC[C@H]2[C@@H]1[C@@H]1C=C[C@H]2C1. The number of carbonyl (C=O) groups excluding carboxylic acids is 1. The fourth-order valence-electron chi connectivity index (χ4n) is 3.34. The summed E-state index contributed by atoms with van der Waals surface area (Å²) in [6.07, 6.45) is 12.0. The van der Waals surface area contributed by atoms with Crippen LogP contribution in [0.4, 0.5) is 0 Å². The predicted molar refractivity (Wildman–Crippen MR) is 51.1 cm³/mol. The largest absolute Gasteiger partial charge is 0.295 e. The lowest BCUT2D eigenvalue weighted by Crippen LogP contribution is -2.25. The standard InChI is InChI=1S/C12H14O/c13-11-4-2-1-3-10-8-5-6-9(7-8)12(10)11/h2,4-6,8-10,12H,1,3,7H2/t8-,9+,10+,12-/m0/s1. The van der Waals surface area contributed by atoms with E-state index in [4.69, 9.17) is 0 Å². The zero-order valence-electron chi connectivity index (χ0n) is 7.65. The maximum atomic E-state index is 11.8. The molecular formula is C12H14O.